The van der Waals surface area contributed by atoms with Gasteiger partial charge >= 0.3 is 11.9 Å². The number of aryl methyl sites for hydroxylation is 1. The maximum atomic E-state index is 13.6. The molecule has 0 spiro atoms. The van der Waals surface area contributed by atoms with E-state index in [-0.39, 0.29) is 26.2 Å². The number of nitrogens with one attached hydrogen (secondary N) is 1. The smallest absolute Gasteiger partial charge is 0.310 e. The van der Waals surface area contributed by atoms with Crippen molar-refractivity contribution in [3.63, 3.8) is 0 Å². The van der Waals surface area contributed by atoms with E-state index >= 15 is 0 Å². The van der Waals surface area contributed by atoms with Gasteiger partial charge in [-0.1, -0.05) is 55.5 Å². The number of amides is 2. The lowest BCUT2D eigenvalue weighted by Crippen LogP contribution is -2.56. The van der Waals surface area contributed by atoms with Crippen molar-refractivity contribution < 1.29 is 33.4 Å². The molecule has 1 N–H and O–H groups in total. The van der Waals surface area contributed by atoms with E-state index in [0.717, 1.165) is 18.1 Å². The van der Waals surface area contributed by atoms with E-state index in [4.69, 9.17) is 20.8 Å². The van der Waals surface area contributed by atoms with E-state index in [1.54, 1.807) is 42.5 Å². The second kappa shape index (κ2) is 14.1. The summed E-state index contributed by atoms with van der Waals surface area (Å²) in [5.74, 6) is -2.47. The number of rotatable bonds is 10. The number of morpholine rings is 1. The average Bonchev–Trinajstić information content (AvgIpc) is 2.99. The second-order valence-corrected chi connectivity index (χ2v) is 9.60. The van der Waals surface area contributed by atoms with Crippen LogP contribution in [0.2, 0.25) is 0 Å². The van der Waals surface area contributed by atoms with Crippen LogP contribution >= 0.6 is 0 Å². The molecule has 216 valence electrons. The SMILES string of the molecule is [C-]#[N+]c1ccc(NC(=O)[C@H](OC(C)=O)[C@H]2OCCN(c3cccc(CC(=O)OCc4ccccc4)c3)C2=O)cc1CC. The van der Waals surface area contributed by atoms with E-state index < -0.39 is 36.0 Å². The molecule has 4 rings (SSSR count). The van der Waals surface area contributed by atoms with Crippen LogP contribution in [0.25, 0.3) is 4.85 Å². The maximum absolute atomic E-state index is 13.6. The van der Waals surface area contributed by atoms with Crippen molar-refractivity contribution in [1.82, 2.24) is 0 Å². The lowest BCUT2D eigenvalue weighted by Gasteiger charge is -2.35. The standard InChI is InChI=1S/C32H31N3O7/c1-4-24-19-25(13-14-27(24)33-3)34-31(38)29(42-21(2)36)30-32(39)35(15-16-40-30)26-12-8-11-23(17-26)18-28(37)41-20-22-9-6-5-7-10-22/h5-14,17,19,29-30H,4,15-16,18,20H2,1-2H3,(H,34,38)/t29-,30-/m1/s1. The Balaban J connectivity index is 1.47. The fourth-order valence-corrected chi connectivity index (χ4v) is 4.57. The predicted molar refractivity (Wildman–Crippen MR) is 155 cm³/mol. The molecule has 1 aliphatic heterocycles. The van der Waals surface area contributed by atoms with Crippen molar-refractivity contribution in [1.29, 1.82) is 0 Å². The second-order valence-electron chi connectivity index (χ2n) is 9.60. The van der Waals surface area contributed by atoms with Crippen molar-refractivity contribution in [2.75, 3.05) is 23.4 Å². The molecule has 0 saturated carbocycles. The number of benzene rings is 3. The molecule has 0 aliphatic carbocycles. The highest BCUT2D eigenvalue weighted by atomic mass is 16.6. The molecule has 3 aromatic carbocycles. The third-order valence-corrected chi connectivity index (χ3v) is 6.61. The Morgan fingerprint density at radius 1 is 1.07 bits per heavy atom. The van der Waals surface area contributed by atoms with Crippen LogP contribution < -0.4 is 10.2 Å². The van der Waals surface area contributed by atoms with Crippen LogP contribution in [0.1, 0.15) is 30.5 Å². The van der Waals surface area contributed by atoms with Gasteiger partial charge in [-0.15, -0.1) is 0 Å². The first-order valence-electron chi connectivity index (χ1n) is 13.5. The molecule has 1 aliphatic rings. The molecule has 0 unspecified atom stereocenters. The zero-order valence-electron chi connectivity index (χ0n) is 23.4. The summed E-state index contributed by atoms with van der Waals surface area (Å²) >= 11 is 0. The van der Waals surface area contributed by atoms with Crippen molar-refractivity contribution in [2.24, 2.45) is 0 Å². The van der Waals surface area contributed by atoms with Gasteiger partial charge in [-0.25, -0.2) is 4.85 Å². The topological polar surface area (TPSA) is 116 Å². The van der Waals surface area contributed by atoms with Gasteiger partial charge < -0.3 is 24.4 Å². The van der Waals surface area contributed by atoms with Gasteiger partial charge in [-0.05, 0) is 47.4 Å². The number of anilines is 2. The molecule has 2 atom stereocenters. The van der Waals surface area contributed by atoms with Crippen LogP contribution in [0.4, 0.5) is 17.1 Å². The molecule has 42 heavy (non-hydrogen) atoms. The van der Waals surface area contributed by atoms with Crippen molar-refractivity contribution in [3.8, 4) is 0 Å². The lowest BCUT2D eigenvalue weighted by molar-refractivity contribution is -0.167. The summed E-state index contributed by atoms with van der Waals surface area (Å²) in [5.41, 5.74) is 3.64. The number of carbonyl (C=O) groups is 4. The van der Waals surface area contributed by atoms with Crippen LogP contribution in [-0.2, 0) is 52.8 Å². The monoisotopic (exact) mass is 569 g/mol. The van der Waals surface area contributed by atoms with Gasteiger partial charge in [0.25, 0.3) is 11.8 Å². The van der Waals surface area contributed by atoms with E-state index in [0.29, 0.717) is 29.0 Å². The summed E-state index contributed by atoms with van der Waals surface area (Å²) in [5, 5.41) is 2.68. The zero-order chi connectivity index (χ0) is 30.1. The highest BCUT2D eigenvalue weighted by Crippen LogP contribution is 2.26. The first-order valence-corrected chi connectivity index (χ1v) is 13.5. The molecule has 0 aromatic heterocycles. The Hall–Kier alpha value is -5.01. The highest BCUT2D eigenvalue weighted by molar-refractivity contribution is 6.04. The first-order chi connectivity index (χ1) is 20.3. The molecule has 10 nitrogen and oxygen atoms in total. The Morgan fingerprint density at radius 3 is 2.55 bits per heavy atom. The largest absolute Gasteiger partial charge is 0.461 e. The van der Waals surface area contributed by atoms with Crippen molar-refractivity contribution >= 4 is 40.8 Å². The van der Waals surface area contributed by atoms with Crippen LogP contribution in [0, 0.1) is 6.57 Å². The van der Waals surface area contributed by atoms with Gasteiger partial charge in [0.2, 0.25) is 6.10 Å². The number of ether oxygens (including phenoxy) is 3. The lowest BCUT2D eigenvalue weighted by atomic mass is 10.1. The van der Waals surface area contributed by atoms with Gasteiger partial charge in [0.1, 0.15) is 6.61 Å². The maximum Gasteiger partial charge on any atom is 0.310 e. The van der Waals surface area contributed by atoms with Gasteiger partial charge in [0.05, 0.1) is 19.6 Å². The van der Waals surface area contributed by atoms with Gasteiger partial charge in [-0.3, -0.25) is 19.2 Å². The molecule has 1 heterocycles. The van der Waals surface area contributed by atoms with Crippen LogP contribution in [0.5, 0.6) is 0 Å². The minimum Gasteiger partial charge on any atom is -0.461 e. The number of carbonyl (C=O) groups excluding carboxylic acids is 4. The summed E-state index contributed by atoms with van der Waals surface area (Å²) in [6, 6.07) is 21.1. The minimum atomic E-state index is -1.56. The van der Waals surface area contributed by atoms with Crippen LogP contribution in [0.15, 0.2) is 72.8 Å². The number of hydrogen-bond donors (Lipinski definition) is 1. The third kappa shape index (κ3) is 7.59. The highest BCUT2D eigenvalue weighted by Gasteiger charge is 2.42. The zero-order valence-corrected chi connectivity index (χ0v) is 23.4. The Labute approximate surface area is 244 Å². The average molecular weight is 570 g/mol. The molecule has 3 aromatic rings. The number of hydrogen-bond acceptors (Lipinski definition) is 7. The molecule has 2 amide bonds. The fraction of sp³-hybridized carbons (Fsp3) is 0.281. The molecule has 0 bridgehead atoms. The number of nitrogens with zero attached hydrogens (tertiary/aromatic N) is 2. The molecule has 0 radical (unpaired) electrons. The summed E-state index contributed by atoms with van der Waals surface area (Å²) in [4.78, 5) is 56.2. The minimum absolute atomic E-state index is 0.00709. The van der Waals surface area contributed by atoms with Gasteiger partial charge in [0, 0.05) is 24.8 Å². The molecular weight excluding hydrogens is 538 g/mol. The summed E-state index contributed by atoms with van der Waals surface area (Å²) in [7, 11) is 0. The Morgan fingerprint density at radius 2 is 1.83 bits per heavy atom. The normalized spacial score (nSPS) is 15.3. The van der Waals surface area contributed by atoms with E-state index in [9.17, 15) is 19.2 Å². The predicted octanol–water partition coefficient (Wildman–Crippen LogP) is 4.39. The van der Waals surface area contributed by atoms with Crippen LogP contribution in [0.3, 0.4) is 0 Å². The molecular formula is C32H31N3O7. The first kappa shape index (κ1) is 30.0. The molecule has 1 fully saturated rings. The fourth-order valence-electron chi connectivity index (χ4n) is 4.57. The number of esters is 2. The molecule has 10 heteroatoms. The summed E-state index contributed by atoms with van der Waals surface area (Å²) in [6.45, 7) is 10.8. The summed E-state index contributed by atoms with van der Waals surface area (Å²) in [6.07, 6.45) is -2.36. The van der Waals surface area contributed by atoms with E-state index in [1.807, 2.05) is 37.3 Å². The van der Waals surface area contributed by atoms with E-state index in [1.165, 1.54) is 4.90 Å². The van der Waals surface area contributed by atoms with Crippen molar-refractivity contribution in [3.05, 3.63) is 101 Å². The van der Waals surface area contributed by atoms with Crippen molar-refractivity contribution in [2.45, 2.75) is 45.5 Å². The van der Waals surface area contributed by atoms with Gasteiger partial charge in [0.15, 0.2) is 11.8 Å². The van der Waals surface area contributed by atoms with Gasteiger partial charge in [-0.2, -0.15) is 0 Å². The Kier molecular flexibility index (Phi) is 10.0. The summed E-state index contributed by atoms with van der Waals surface area (Å²) < 4.78 is 16.3. The van der Waals surface area contributed by atoms with E-state index in [2.05, 4.69) is 10.2 Å². The molecule has 1 saturated heterocycles. The van der Waals surface area contributed by atoms with Crippen LogP contribution in [-0.4, -0.2) is 49.1 Å². The third-order valence-electron chi connectivity index (χ3n) is 6.61. The quantitative estimate of drug-likeness (QED) is 0.284. The Bertz CT molecular complexity index is 1500.